The third-order valence-electron chi connectivity index (χ3n) is 5.29. The van der Waals surface area contributed by atoms with Gasteiger partial charge in [0, 0.05) is 17.5 Å². The average Bonchev–Trinajstić information content (AvgIpc) is 2.72. The van der Waals surface area contributed by atoms with E-state index in [4.69, 9.17) is 4.74 Å². The second-order valence-corrected chi connectivity index (χ2v) is 8.06. The summed E-state index contributed by atoms with van der Waals surface area (Å²) >= 11 is 0. The van der Waals surface area contributed by atoms with E-state index in [2.05, 4.69) is 27.7 Å². The number of ketones is 1. The fourth-order valence-corrected chi connectivity index (χ4v) is 3.62. The quantitative estimate of drug-likeness (QED) is 0.429. The highest BCUT2D eigenvalue weighted by molar-refractivity contribution is 5.96. The smallest absolute Gasteiger partial charge is 0.349 e. The molecule has 0 fully saturated rings. The van der Waals surface area contributed by atoms with Crippen molar-refractivity contribution in [3.05, 3.63) is 64.2 Å². The Kier molecular flexibility index (Phi) is 8.64. The average molecular weight is 411 g/mol. The van der Waals surface area contributed by atoms with Crippen LogP contribution in [-0.2, 0) is 17.6 Å². The highest BCUT2D eigenvalue weighted by atomic mass is 16.5. The minimum Gasteiger partial charge on any atom is -0.478 e. The minimum atomic E-state index is -1.09. The molecule has 0 aliphatic rings. The molecule has 1 unspecified atom stereocenters. The maximum Gasteiger partial charge on any atom is 0.349 e. The van der Waals surface area contributed by atoms with Crippen LogP contribution in [0.4, 0.5) is 0 Å². The molecule has 0 heterocycles. The van der Waals surface area contributed by atoms with Gasteiger partial charge in [-0.3, -0.25) is 4.79 Å². The van der Waals surface area contributed by atoms with Crippen molar-refractivity contribution in [1.29, 1.82) is 0 Å². The number of benzene rings is 2. The number of Topliss-reactive ketones (excluding diaryl/α,β-unsaturated/α-hetero) is 1. The fourth-order valence-electron chi connectivity index (χ4n) is 3.62. The number of aryl methyl sites for hydroxylation is 2. The van der Waals surface area contributed by atoms with Crippen molar-refractivity contribution in [1.82, 2.24) is 0 Å². The van der Waals surface area contributed by atoms with Crippen molar-refractivity contribution in [2.75, 3.05) is 0 Å². The fraction of sp³-hybridized carbons (Fsp3) is 0.462. The van der Waals surface area contributed by atoms with Crippen molar-refractivity contribution in [2.45, 2.75) is 78.7 Å². The Bertz CT molecular complexity index is 838. The maximum atomic E-state index is 12.3. The van der Waals surface area contributed by atoms with Crippen molar-refractivity contribution >= 4 is 11.8 Å². The SMILES string of the molecule is CCCc1cc(C(=O)CC)cc(CCC)c1OC(C(=O)O)c1ccc(C(C)C)cc1. The van der Waals surface area contributed by atoms with E-state index in [-0.39, 0.29) is 5.78 Å². The summed E-state index contributed by atoms with van der Waals surface area (Å²) in [6, 6.07) is 11.4. The second-order valence-electron chi connectivity index (χ2n) is 8.06. The molecule has 0 bridgehead atoms. The van der Waals surface area contributed by atoms with Crippen molar-refractivity contribution < 1.29 is 19.4 Å². The van der Waals surface area contributed by atoms with Gasteiger partial charge in [-0.15, -0.1) is 0 Å². The van der Waals surface area contributed by atoms with Gasteiger partial charge in [-0.25, -0.2) is 4.79 Å². The first kappa shape index (κ1) is 23.7. The van der Waals surface area contributed by atoms with Crippen molar-refractivity contribution in [3.8, 4) is 5.75 Å². The van der Waals surface area contributed by atoms with Gasteiger partial charge in [-0.1, -0.05) is 71.7 Å². The molecule has 0 aromatic heterocycles. The zero-order chi connectivity index (χ0) is 22.3. The number of carboxylic acids is 1. The predicted molar refractivity (Wildman–Crippen MR) is 121 cm³/mol. The molecular weight excluding hydrogens is 376 g/mol. The first-order valence-corrected chi connectivity index (χ1v) is 11.0. The number of carbonyl (C=O) groups is 2. The van der Waals surface area contributed by atoms with Gasteiger partial charge in [0.2, 0.25) is 6.10 Å². The van der Waals surface area contributed by atoms with Gasteiger partial charge < -0.3 is 9.84 Å². The van der Waals surface area contributed by atoms with E-state index in [0.717, 1.165) is 42.4 Å². The van der Waals surface area contributed by atoms with Gasteiger partial charge in [0.1, 0.15) is 5.75 Å². The molecule has 0 spiro atoms. The lowest BCUT2D eigenvalue weighted by atomic mass is 9.95. The molecule has 4 nitrogen and oxygen atoms in total. The molecule has 0 saturated carbocycles. The van der Waals surface area contributed by atoms with E-state index in [0.29, 0.717) is 29.2 Å². The Morgan fingerprint density at radius 1 is 0.900 bits per heavy atom. The van der Waals surface area contributed by atoms with Crippen LogP contribution in [0.15, 0.2) is 36.4 Å². The predicted octanol–water partition coefficient (Wildman–Crippen LogP) is 6.51. The third-order valence-corrected chi connectivity index (χ3v) is 5.29. The summed E-state index contributed by atoms with van der Waals surface area (Å²) in [7, 11) is 0. The lowest BCUT2D eigenvalue weighted by Crippen LogP contribution is -2.20. The normalized spacial score (nSPS) is 12.1. The van der Waals surface area contributed by atoms with Crippen molar-refractivity contribution in [3.63, 3.8) is 0 Å². The third kappa shape index (κ3) is 5.71. The van der Waals surface area contributed by atoms with Crippen LogP contribution in [0, 0.1) is 0 Å². The summed E-state index contributed by atoms with van der Waals surface area (Å²) in [4.78, 5) is 24.4. The molecule has 0 saturated heterocycles. The zero-order valence-corrected chi connectivity index (χ0v) is 18.8. The van der Waals surface area contributed by atoms with Crippen LogP contribution in [0.1, 0.15) is 98.5 Å². The molecule has 0 aliphatic heterocycles. The molecule has 2 rings (SSSR count). The van der Waals surface area contributed by atoms with Gasteiger partial charge in [-0.05, 0) is 47.6 Å². The molecule has 4 heteroatoms. The van der Waals surface area contributed by atoms with Crippen LogP contribution in [-0.4, -0.2) is 16.9 Å². The molecule has 2 aromatic rings. The summed E-state index contributed by atoms with van der Waals surface area (Å²) in [5, 5.41) is 9.91. The van der Waals surface area contributed by atoms with Gasteiger partial charge in [0.25, 0.3) is 0 Å². The van der Waals surface area contributed by atoms with Gasteiger partial charge in [0.05, 0.1) is 0 Å². The number of aliphatic carboxylic acids is 1. The van der Waals surface area contributed by atoms with Crippen LogP contribution in [0.2, 0.25) is 0 Å². The van der Waals surface area contributed by atoms with E-state index in [1.54, 1.807) is 0 Å². The molecule has 1 atom stereocenters. The van der Waals surface area contributed by atoms with E-state index in [9.17, 15) is 14.7 Å². The van der Waals surface area contributed by atoms with Gasteiger partial charge in [0.15, 0.2) is 5.78 Å². The molecule has 0 aliphatic carbocycles. The van der Waals surface area contributed by atoms with Crippen LogP contribution in [0.5, 0.6) is 5.75 Å². The summed E-state index contributed by atoms with van der Waals surface area (Å²) in [6.45, 7) is 10.2. The summed E-state index contributed by atoms with van der Waals surface area (Å²) in [5.74, 6) is 0.0621. The van der Waals surface area contributed by atoms with E-state index < -0.39 is 12.1 Å². The first-order valence-electron chi connectivity index (χ1n) is 11.0. The molecule has 2 aromatic carbocycles. The van der Waals surface area contributed by atoms with E-state index in [1.165, 1.54) is 0 Å². The lowest BCUT2D eigenvalue weighted by molar-refractivity contribution is -0.145. The number of ether oxygens (including phenoxy) is 1. The van der Waals surface area contributed by atoms with Crippen LogP contribution >= 0.6 is 0 Å². The highest BCUT2D eigenvalue weighted by Gasteiger charge is 2.25. The topological polar surface area (TPSA) is 63.6 Å². The second kappa shape index (κ2) is 11.0. The number of rotatable bonds is 11. The van der Waals surface area contributed by atoms with Gasteiger partial charge >= 0.3 is 5.97 Å². The molecule has 30 heavy (non-hydrogen) atoms. The number of carbonyl (C=O) groups excluding carboxylic acids is 1. The summed E-state index contributed by atoms with van der Waals surface area (Å²) < 4.78 is 6.19. The Hall–Kier alpha value is -2.62. The number of hydrogen-bond acceptors (Lipinski definition) is 3. The molecule has 0 radical (unpaired) electrons. The summed E-state index contributed by atoms with van der Waals surface area (Å²) in [5.41, 5.74) is 4.27. The Labute approximate surface area is 180 Å². The summed E-state index contributed by atoms with van der Waals surface area (Å²) in [6.07, 6.45) is 2.58. The highest BCUT2D eigenvalue weighted by Crippen LogP contribution is 2.33. The lowest BCUT2D eigenvalue weighted by Gasteiger charge is -2.22. The first-order chi connectivity index (χ1) is 14.3. The van der Waals surface area contributed by atoms with Crippen LogP contribution < -0.4 is 4.74 Å². The maximum absolute atomic E-state index is 12.3. The van der Waals surface area contributed by atoms with E-state index in [1.807, 2.05) is 43.3 Å². The zero-order valence-electron chi connectivity index (χ0n) is 18.8. The number of hydrogen-bond donors (Lipinski definition) is 1. The molecular formula is C26H34O4. The molecule has 162 valence electrons. The Balaban J connectivity index is 2.52. The van der Waals surface area contributed by atoms with Crippen LogP contribution in [0.3, 0.4) is 0 Å². The van der Waals surface area contributed by atoms with Crippen LogP contribution in [0.25, 0.3) is 0 Å². The Morgan fingerprint density at radius 2 is 1.40 bits per heavy atom. The Morgan fingerprint density at radius 3 is 1.80 bits per heavy atom. The molecule has 0 amide bonds. The monoisotopic (exact) mass is 410 g/mol. The van der Waals surface area contributed by atoms with E-state index >= 15 is 0 Å². The molecule has 1 N–H and O–H groups in total. The van der Waals surface area contributed by atoms with Gasteiger partial charge in [-0.2, -0.15) is 0 Å². The number of carboxylic acid groups (broad SMARTS) is 1. The largest absolute Gasteiger partial charge is 0.478 e. The minimum absolute atomic E-state index is 0.0929. The van der Waals surface area contributed by atoms with Crippen molar-refractivity contribution in [2.24, 2.45) is 0 Å². The standard InChI is InChI=1S/C26H34O4/c1-6-9-20-15-22(23(27)8-3)16-21(10-7-2)24(20)30-25(26(28)29)19-13-11-18(12-14-19)17(4)5/h11-17,25H,6-10H2,1-5H3,(H,28,29).